The van der Waals surface area contributed by atoms with Crippen LogP contribution in [-0.4, -0.2) is 19.5 Å². The molecule has 5 rings (SSSR count). The van der Waals surface area contributed by atoms with Gasteiger partial charge in [-0.1, -0.05) is 12.1 Å². The zero-order valence-corrected chi connectivity index (χ0v) is 14.8. The molecule has 3 saturated heterocycles. The highest BCUT2D eigenvalue weighted by molar-refractivity contribution is 5.34. The molecule has 0 amide bonds. The largest absolute Gasteiger partial charge is 0.465 e. The summed E-state index contributed by atoms with van der Waals surface area (Å²) in [6, 6.07) is 10.7. The van der Waals surface area contributed by atoms with Crippen LogP contribution in [0.2, 0.25) is 0 Å². The van der Waals surface area contributed by atoms with Crippen LogP contribution in [0.25, 0.3) is 0 Å². The number of hydrogen-bond acceptors (Lipinski definition) is 4. The lowest BCUT2D eigenvalue weighted by atomic mass is 9.62. The molecule has 3 heterocycles. The fraction of sp³-hybridized carbons (Fsp3) is 0.667. The molecule has 0 N–H and O–H groups in total. The van der Waals surface area contributed by atoms with Crippen LogP contribution < -0.4 is 4.74 Å². The van der Waals surface area contributed by atoms with Gasteiger partial charge in [-0.05, 0) is 68.1 Å². The molecule has 1 aromatic rings. The van der Waals surface area contributed by atoms with E-state index in [2.05, 4.69) is 24.3 Å². The third kappa shape index (κ3) is 3.41. The van der Waals surface area contributed by atoms with Crippen molar-refractivity contribution in [2.75, 3.05) is 13.2 Å². The zero-order chi connectivity index (χ0) is 17.2. The Hall–Kier alpha value is -1.57. The van der Waals surface area contributed by atoms with Gasteiger partial charge < -0.3 is 14.2 Å². The highest BCUT2D eigenvalue weighted by Gasteiger charge is 2.50. The first kappa shape index (κ1) is 16.9. The van der Waals surface area contributed by atoms with Gasteiger partial charge >= 0.3 is 0 Å². The summed E-state index contributed by atoms with van der Waals surface area (Å²) in [4.78, 5) is 0. The molecule has 4 fully saturated rings. The first-order valence-electron chi connectivity index (χ1n) is 9.64. The molecule has 1 unspecified atom stereocenters. The fourth-order valence-electron chi connectivity index (χ4n) is 4.59. The van der Waals surface area contributed by atoms with E-state index < -0.39 is 0 Å². The number of benzene rings is 1. The monoisotopic (exact) mass is 341 g/mol. The van der Waals surface area contributed by atoms with Crippen molar-refractivity contribution in [3.63, 3.8) is 0 Å². The molecule has 4 nitrogen and oxygen atoms in total. The Bertz CT molecular complexity index is 620. The Labute approximate surface area is 150 Å². The van der Waals surface area contributed by atoms with Crippen LogP contribution in [0.4, 0.5) is 0 Å². The predicted molar refractivity (Wildman–Crippen MR) is 94.0 cm³/mol. The quantitative estimate of drug-likeness (QED) is 0.780. The average molecular weight is 341 g/mol. The summed E-state index contributed by atoms with van der Waals surface area (Å²) in [6.45, 7) is 1.58. The van der Waals surface area contributed by atoms with E-state index in [0.29, 0.717) is 6.42 Å². The van der Waals surface area contributed by atoms with Crippen LogP contribution in [0.1, 0.15) is 63.4 Å². The van der Waals surface area contributed by atoms with Crippen molar-refractivity contribution in [3.8, 4) is 11.8 Å². The van der Waals surface area contributed by atoms with Crippen molar-refractivity contribution in [1.82, 2.24) is 0 Å². The lowest BCUT2D eigenvalue weighted by molar-refractivity contribution is -0.191. The summed E-state index contributed by atoms with van der Waals surface area (Å²) in [5.41, 5.74) is 1.30. The van der Waals surface area contributed by atoms with Gasteiger partial charge in [-0.15, -0.1) is 0 Å². The van der Waals surface area contributed by atoms with Crippen LogP contribution in [-0.2, 0) is 15.1 Å². The SMILES string of the molecule is N#CCCC12CCC(c3cccc(OC4CCCCO4)c3)(CC1)OC2. The first-order valence-corrected chi connectivity index (χ1v) is 9.64. The minimum absolute atomic E-state index is 0.112. The van der Waals surface area contributed by atoms with E-state index in [-0.39, 0.29) is 17.3 Å². The summed E-state index contributed by atoms with van der Waals surface area (Å²) in [5.74, 6) is 0.884. The summed E-state index contributed by atoms with van der Waals surface area (Å²) < 4.78 is 18.1. The minimum Gasteiger partial charge on any atom is -0.465 e. The third-order valence-corrected chi connectivity index (χ3v) is 6.31. The zero-order valence-electron chi connectivity index (χ0n) is 14.8. The number of ether oxygens (including phenoxy) is 3. The summed E-state index contributed by atoms with van der Waals surface area (Å²) in [7, 11) is 0. The van der Waals surface area contributed by atoms with E-state index in [1.165, 1.54) is 12.0 Å². The molecule has 1 atom stereocenters. The number of rotatable bonds is 5. The normalized spacial score (nSPS) is 34.4. The van der Waals surface area contributed by atoms with Crippen LogP contribution in [0.3, 0.4) is 0 Å². The van der Waals surface area contributed by atoms with Crippen molar-refractivity contribution in [3.05, 3.63) is 29.8 Å². The number of nitrogens with zero attached hydrogens (tertiary/aromatic N) is 1. The Balaban J connectivity index is 1.46. The van der Waals surface area contributed by atoms with Crippen molar-refractivity contribution >= 4 is 0 Å². The molecule has 4 heteroatoms. The van der Waals surface area contributed by atoms with Crippen LogP contribution in [0.5, 0.6) is 5.75 Å². The molecule has 1 aliphatic carbocycles. The van der Waals surface area contributed by atoms with E-state index in [9.17, 15) is 0 Å². The third-order valence-electron chi connectivity index (χ3n) is 6.31. The van der Waals surface area contributed by atoms with Gasteiger partial charge in [0.2, 0.25) is 0 Å². The minimum atomic E-state index is -0.165. The molecular formula is C21H27NO3. The molecule has 2 bridgehead atoms. The topological polar surface area (TPSA) is 51.5 Å². The first-order chi connectivity index (χ1) is 12.2. The Morgan fingerprint density at radius 1 is 1.20 bits per heavy atom. The number of fused-ring (bicyclic) bond motifs is 3. The molecule has 4 aliphatic rings. The molecule has 1 aromatic carbocycles. The van der Waals surface area contributed by atoms with E-state index in [4.69, 9.17) is 19.5 Å². The lowest BCUT2D eigenvalue weighted by Gasteiger charge is -2.53. The fourth-order valence-corrected chi connectivity index (χ4v) is 4.59. The van der Waals surface area contributed by atoms with E-state index in [1.54, 1.807) is 0 Å². The molecule has 25 heavy (non-hydrogen) atoms. The second-order valence-electron chi connectivity index (χ2n) is 7.88. The maximum Gasteiger partial charge on any atom is 0.199 e. The molecule has 0 radical (unpaired) electrons. The van der Waals surface area contributed by atoms with Gasteiger partial charge in [0.25, 0.3) is 0 Å². The predicted octanol–water partition coefficient (Wildman–Crippen LogP) is 4.68. The highest BCUT2D eigenvalue weighted by atomic mass is 16.7. The average Bonchev–Trinajstić information content (AvgIpc) is 2.69. The van der Waals surface area contributed by atoms with Crippen LogP contribution >= 0.6 is 0 Å². The van der Waals surface area contributed by atoms with Gasteiger partial charge in [-0.3, -0.25) is 0 Å². The van der Waals surface area contributed by atoms with Crippen LogP contribution in [0, 0.1) is 16.7 Å². The molecule has 0 aromatic heterocycles. The molecular weight excluding hydrogens is 314 g/mol. The van der Waals surface area contributed by atoms with Gasteiger partial charge in [0.05, 0.1) is 24.9 Å². The Morgan fingerprint density at radius 3 is 2.76 bits per heavy atom. The molecule has 0 spiro atoms. The van der Waals surface area contributed by atoms with Gasteiger partial charge in [-0.25, -0.2) is 0 Å². The highest BCUT2D eigenvalue weighted by Crippen LogP contribution is 2.55. The molecule has 134 valence electrons. The lowest BCUT2D eigenvalue weighted by Crippen LogP contribution is -2.49. The van der Waals surface area contributed by atoms with Crippen LogP contribution in [0.15, 0.2) is 24.3 Å². The van der Waals surface area contributed by atoms with E-state index in [1.807, 2.05) is 6.07 Å². The van der Waals surface area contributed by atoms with E-state index >= 15 is 0 Å². The number of hydrogen-bond donors (Lipinski definition) is 0. The van der Waals surface area contributed by atoms with Gasteiger partial charge in [-0.2, -0.15) is 5.26 Å². The van der Waals surface area contributed by atoms with Gasteiger partial charge in [0, 0.05) is 12.8 Å². The standard InChI is InChI=1S/C21H27NO3/c22-13-4-8-20-9-11-21(12-10-20,24-16-20)17-5-3-6-18(15-17)25-19-7-1-2-14-23-19/h3,5-6,15,19H,1-2,4,7-12,14,16H2. The Kier molecular flexibility index (Phi) is 4.71. The maximum absolute atomic E-state index is 8.90. The maximum atomic E-state index is 8.90. The van der Waals surface area contributed by atoms with Crippen molar-refractivity contribution in [2.45, 2.75) is 69.7 Å². The second kappa shape index (κ2) is 6.97. The van der Waals surface area contributed by atoms with Crippen molar-refractivity contribution in [2.24, 2.45) is 5.41 Å². The smallest absolute Gasteiger partial charge is 0.199 e. The number of nitriles is 1. The molecule has 3 aliphatic heterocycles. The van der Waals surface area contributed by atoms with Gasteiger partial charge in [0.1, 0.15) is 5.75 Å². The summed E-state index contributed by atoms with van der Waals surface area (Å²) in [6.07, 6.45) is 9.17. The summed E-state index contributed by atoms with van der Waals surface area (Å²) >= 11 is 0. The Morgan fingerprint density at radius 2 is 2.08 bits per heavy atom. The summed E-state index contributed by atoms with van der Waals surface area (Å²) in [5, 5.41) is 8.90. The van der Waals surface area contributed by atoms with Crippen molar-refractivity contribution < 1.29 is 14.2 Å². The second-order valence-corrected chi connectivity index (χ2v) is 7.88. The van der Waals surface area contributed by atoms with Crippen molar-refractivity contribution in [1.29, 1.82) is 5.26 Å². The van der Waals surface area contributed by atoms with E-state index in [0.717, 1.165) is 63.9 Å². The molecule has 1 saturated carbocycles. The van der Waals surface area contributed by atoms with Gasteiger partial charge in [0.15, 0.2) is 6.29 Å².